The molecule has 5 heteroatoms. The number of alkyl carbamates (subject to hydrolysis) is 1. The van der Waals surface area contributed by atoms with E-state index in [1.165, 1.54) is 0 Å². The van der Waals surface area contributed by atoms with Gasteiger partial charge in [0.15, 0.2) is 0 Å². The second kappa shape index (κ2) is 9.30. The molecule has 0 saturated heterocycles. The van der Waals surface area contributed by atoms with Gasteiger partial charge in [0, 0.05) is 20.0 Å². The van der Waals surface area contributed by atoms with E-state index in [1.54, 1.807) is 18.7 Å². The summed E-state index contributed by atoms with van der Waals surface area (Å²) in [5, 5.41) is 2.68. The predicted molar refractivity (Wildman–Crippen MR) is 97.7 cm³/mol. The van der Waals surface area contributed by atoms with Crippen LogP contribution in [0.3, 0.4) is 0 Å². The Bertz CT molecular complexity index is 541. The van der Waals surface area contributed by atoms with Gasteiger partial charge in [0.1, 0.15) is 0 Å². The second-order valence-corrected chi connectivity index (χ2v) is 6.41. The van der Waals surface area contributed by atoms with Crippen LogP contribution in [-0.4, -0.2) is 31.7 Å². The molecule has 1 aromatic carbocycles. The quantitative estimate of drug-likeness (QED) is 0.819. The average Bonchev–Trinajstić information content (AvgIpc) is 2.50. The number of nitrogens with zero attached hydrogens (tertiary/aromatic N) is 1. The molecule has 0 atom stereocenters. The summed E-state index contributed by atoms with van der Waals surface area (Å²) >= 11 is 0. The minimum absolute atomic E-state index is 0.0318. The van der Waals surface area contributed by atoms with Crippen LogP contribution in [0.15, 0.2) is 18.2 Å². The number of anilines is 1. The Morgan fingerprint density at radius 3 is 2.08 bits per heavy atom. The van der Waals surface area contributed by atoms with E-state index in [4.69, 9.17) is 4.74 Å². The summed E-state index contributed by atoms with van der Waals surface area (Å²) in [7, 11) is 0. The van der Waals surface area contributed by atoms with Gasteiger partial charge in [-0.05, 0) is 29.9 Å². The lowest BCUT2D eigenvalue weighted by atomic mass is 9.92. The number of para-hydroxylation sites is 1. The smallest absolute Gasteiger partial charge is 0.407 e. The second-order valence-electron chi connectivity index (χ2n) is 6.41. The molecule has 0 aromatic heterocycles. The molecule has 1 N–H and O–H groups in total. The van der Waals surface area contributed by atoms with Crippen LogP contribution in [0.5, 0.6) is 0 Å². The number of carbonyl (C=O) groups excluding carboxylic acids is 2. The fraction of sp³-hybridized carbons (Fsp3) is 0.579. The highest BCUT2D eigenvalue weighted by molar-refractivity contribution is 5.93. The molecule has 1 aromatic rings. The zero-order valence-corrected chi connectivity index (χ0v) is 15.7. The Kier molecular flexibility index (Phi) is 7.75. The van der Waals surface area contributed by atoms with E-state index in [0.29, 0.717) is 31.5 Å². The third-order valence-corrected chi connectivity index (χ3v) is 3.87. The van der Waals surface area contributed by atoms with Gasteiger partial charge < -0.3 is 15.0 Å². The first-order chi connectivity index (χ1) is 11.3. The van der Waals surface area contributed by atoms with E-state index in [1.807, 2.05) is 6.07 Å². The number of hydrogen-bond acceptors (Lipinski definition) is 3. The lowest BCUT2D eigenvalue weighted by Crippen LogP contribution is -2.39. The number of rotatable bonds is 7. The van der Waals surface area contributed by atoms with E-state index in [9.17, 15) is 9.59 Å². The maximum atomic E-state index is 12.3. The number of carbonyl (C=O) groups is 2. The third-order valence-electron chi connectivity index (χ3n) is 3.87. The van der Waals surface area contributed by atoms with Crippen LogP contribution in [0.2, 0.25) is 0 Å². The number of ether oxygens (including phenoxy) is 1. The summed E-state index contributed by atoms with van der Waals surface area (Å²) in [4.78, 5) is 25.5. The molecule has 5 nitrogen and oxygen atoms in total. The molecule has 0 fully saturated rings. The molecule has 0 aliphatic heterocycles. The van der Waals surface area contributed by atoms with Gasteiger partial charge in [0.25, 0.3) is 0 Å². The number of amides is 2. The first-order valence-corrected chi connectivity index (χ1v) is 8.61. The highest BCUT2D eigenvalue weighted by Gasteiger charge is 2.22. The molecule has 134 valence electrons. The van der Waals surface area contributed by atoms with Crippen molar-refractivity contribution in [3.63, 3.8) is 0 Å². The Balaban J connectivity index is 3.11. The maximum Gasteiger partial charge on any atom is 0.407 e. The molecule has 0 radical (unpaired) electrons. The summed E-state index contributed by atoms with van der Waals surface area (Å²) in [5.41, 5.74) is 3.26. The van der Waals surface area contributed by atoms with Gasteiger partial charge >= 0.3 is 6.09 Å². The topological polar surface area (TPSA) is 58.6 Å². The van der Waals surface area contributed by atoms with Crippen molar-refractivity contribution in [1.82, 2.24) is 5.32 Å². The fourth-order valence-electron chi connectivity index (χ4n) is 2.70. The molecule has 0 spiro atoms. The van der Waals surface area contributed by atoms with E-state index >= 15 is 0 Å². The van der Waals surface area contributed by atoms with E-state index < -0.39 is 6.09 Å². The SMILES string of the molecule is CCOC(=O)NCCN(C(C)=O)c1c(C(C)C)cccc1C(C)C. The lowest BCUT2D eigenvalue weighted by molar-refractivity contribution is -0.116. The minimum Gasteiger partial charge on any atom is -0.450 e. The Morgan fingerprint density at radius 2 is 1.67 bits per heavy atom. The third kappa shape index (κ3) is 5.25. The predicted octanol–water partition coefficient (Wildman–Crippen LogP) is 4.03. The van der Waals surface area contributed by atoms with Crippen molar-refractivity contribution in [3.05, 3.63) is 29.3 Å². The monoisotopic (exact) mass is 334 g/mol. The van der Waals surface area contributed by atoms with Crippen molar-refractivity contribution in [1.29, 1.82) is 0 Å². The van der Waals surface area contributed by atoms with Crippen LogP contribution in [0.4, 0.5) is 10.5 Å². The summed E-state index contributed by atoms with van der Waals surface area (Å²) in [6.07, 6.45) is -0.456. The van der Waals surface area contributed by atoms with Gasteiger partial charge in [-0.3, -0.25) is 4.79 Å². The van der Waals surface area contributed by atoms with Crippen LogP contribution in [0, 0.1) is 0 Å². The first-order valence-electron chi connectivity index (χ1n) is 8.61. The Morgan fingerprint density at radius 1 is 1.12 bits per heavy atom. The van der Waals surface area contributed by atoms with Crippen LogP contribution < -0.4 is 10.2 Å². The van der Waals surface area contributed by atoms with E-state index in [2.05, 4.69) is 45.1 Å². The largest absolute Gasteiger partial charge is 0.450 e. The van der Waals surface area contributed by atoms with Crippen LogP contribution in [-0.2, 0) is 9.53 Å². The zero-order chi connectivity index (χ0) is 18.3. The lowest BCUT2D eigenvalue weighted by Gasteiger charge is -2.29. The Labute approximate surface area is 145 Å². The molecule has 1 rings (SSSR count). The summed E-state index contributed by atoms with van der Waals surface area (Å²) in [6, 6.07) is 6.19. The molecule has 0 heterocycles. The summed E-state index contributed by atoms with van der Waals surface area (Å²) < 4.78 is 4.86. The highest BCUT2D eigenvalue weighted by atomic mass is 16.5. The van der Waals surface area contributed by atoms with Gasteiger partial charge in [-0.25, -0.2) is 4.79 Å². The summed E-state index contributed by atoms with van der Waals surface area (Å²) in [5.74, 6) is 0.577. The van der Waals surface area contributed by atoms with Gasteiger partial charge in [-0.2, -0.15) is 0 Å². The number of nitrogens with one attached hydrogen (secondary N) is 1. The first kappa shape index (κ1) is 20.0. The van der Waals surface area contributed by atoms with Gasteiger partial charge in [-0.1, -0.05) is 45.9 Å². The maximum absolute atomic E-state index is 12.3. The fourth-order valence-corrected chi connectivity index (χ4v) is 2.70. The van der Waals surface area contributed by atoms with Crippen molar-refractivity contribution in [2.24, 2.45) is 0 Å². The molecule has 0 bridgehead atoms. The zero-order valence-electron chi connectivity index (χ0n) is 15.7. The van der Waals surface area contributed by atoms with Crippen LogP contribution in [0.1, 0.15) is 64.5 Å². The average molecular weight is 334 g/mol. The van der Waals surface area contributed by atoms with Gasteiger partial charge in [-0.15, -0.1) is 0 Å². The highest BCUT2D eigenvalue weighted by Crippen LogP contribution is 2.35. The molecule has 0 unspecified atom stereocenters. The van der Waals surface area contributed by atoms with E-state index in [-0.39, 0.29) is 5.91 Å². The van der Waals surface area contributed by atoms with Crippen LogP contribution in [0.25, 0.3) is 0 Å². The minimum atomic E-state index is -0.456. The normalized spacial score (nSPS) is 10.8. The molecular weight excluding hydrogens is 304 g/mol. The van der Waals surface area contributed by atoms with Crippen molar-refractivity contribution >= 4 is 17.7 Å². The van der Waals surface area contributed by atoms with Crippen LogP contribution >= 0.6 is 0 Å². The number of benzene rings is 1. The molecule has 0 aliphatic rings. The van der Waals surface area contributed by atoms with Crippen molar-refractivity contribution in [3.8, 4) is 0 Å². The summed E-state index contributed by atoms with van der Waals surface area (Å²) in [6.45, 7) is 12.9. The van der Waals surface area contributed by atoms with E-state index in [0.717, 1.165) is 16.8 Å². The van der Waals surface area contributed by atoms with Crippen molar-refractivity contribution < 1.29 is 14.3 Å². The number of hydrogen-bond donors (Lipinski definition) is 1. The van der Waals surface area contributed by atoms with Gasteiger partial charge in [0.2, 0.25) is 5.91 Å². The molecular formula is C19H30N2O3. The molecule has 0 aliphatic carbocycles. The molecule has 0 saturated carbocycles. The standard InChI is InChI=1S/C19H30N2O3/c1-7-24-19(23)20-11-12-21(15(6)22)18-16(13(2)3)9-8-10-17(18)14(4)5/h8-10,13-14H,7,11-12H2,1-6H3,(H,20,23). The van der Waals surface area contributed by atoms with Gasteiger partial charge in [0.05, 0.1) is 12.3 Å². The Hall–Kier alpha value is -2.04. The van der Waals surface area contributed by atoms with Crippen molar-refractivity contribution in [2.75, 3.05) is 24.6 Å². The molecule has 24 heavy (non-hydrogen) atoms. The van der Waals surface area contributed by atoms with Crippen molar-refractivity contribution in [2.45, 2.75) is 53.4 Å². The molecule has 2 amide bonds.